The molecule has 0 aliphatic rings. The highest BCUT2D eigenvalue weighted by molar-refractivity contribution is 6.30. The minimum atomic E-state index is -4.50. The Morgan fingerprint density at radius 2 is 1.77 bits per heavy atom. The molecule has 0 aliphatic carbocycles. The Labute approximate surface area is 153 Å². The predicted molar refractivity (Wildman–Crippen MR) is 92.7 cm³/mol. The molecule has 26 heavy (non-hydrogen) atoms. The van der Waals surface area contributed by atoms with Crippen molar-refractivity contribution in [2.45, 2.75) is 25.6 Å². The number of hydrogen-bond acceptors (Lipinski definition) is 2. The number of benzene rings is 2. The van der Waals surface area contributed by atoms with Crippen molar-refractivity contribution in [3.63, 3.8) is 0 Å². The van der Waals surface area contributed by atoms with Gasteiger partial charge < -0.3 is 10.6 Å². The van der Waals surface area contributed by atoms with Crippen LogP contribution in [0.5, 0.6) is 0 Å². The Morgan fingerprint density at radius 3 is 2.35 bits per heavy atom. The number of anilines is 1. The summed E-state index contributed by atoms with van der Waals surface area (Å²) in [5, 5.41) is 5.57. The monoisotopic (exact) mass is 384 g/mol. The maximum atomic E-state index is 12.7. The van der Waals surface area contributed by atoms with Crippen molar-refractivity contribution in [1.29, 1.82) is 0 Å². The van der Waals surface area contributed by atoms with Gasteiger partial charge in [-0.15, -0.1) is 0 Å². The third-order valence-corrected chi connectivity index (χ3v) is 3.77. The summed E-state index contributed by atoms with van der Waals surface area (Å²) in [7, 11) is 0. The summed E-state index contributed by atoms with van der Waals surface area (Å²) in [6.45, 7) is 1.31. The van der Waals surface area contributed by atoms with E-state index in [4.69, 9.17) is 11.6 Å². The van der Waals surface area contributed by atoms with Gasteiger partial charge in [0.15, 0.2) is 0 Å². The highest BCUT2D eigenvalue weighted by atomic mass is 35.5. The third-order valence-electron chi connectivity index (χ3n) is 3.51. The quantitative estimate of drug-likeness (QED) is 0.793. The Kier molecular flexibility index (Phi) is 6.26. The number of carbonyl (C=O) groups is 2. The van der Waals surface area contributed by atoms with Crippen LogP contribution in [0.2, 0.25) is 5.02 Å². The minimum Gasteiger partial charge on any atom is -0.349 e. The van der Waals surface area contributed by atoms with E-state index in [1.54, 1.807) is 24.3 Å². The molecule has 0 heterocycles. The number of carbonyl (C=O) groups excluding carboxylic acids is 2. The zero-order chi connectivity index (χ0) is 19.3. The zero-order valence-corrected chi connectivity index (χ0v) is 14.5. The maximum absolute atomic E-state index is 12.7. The fourth-order valence-electron chi connectivity index (χ4n) is 2.36. The van der Waals surface area contributed by atoms with Gasteiger partial charge in [-0.1, -0.05) is 29.8 Å². The molecule has 1 atom stereocenters. The van der Waals surface area contributed by atoms with Crippen LogP contribution in [0, 0.1) is 0 Å². The van der Waals surface area contributed by atoms with E-state index in [0.29, 0.717) is 10.6 Å². The van der Waals surface area contributed by atoms with Crippen molar-refractivity contribution in [1.82, 2.24) is 5.32 Å². The second kappa shape index (κ2) is 8.23. The third kappa shape index (κ3) is 5.77. The van der Waals surface area contributed by atoms with E-state index in [2.05, 4.69) is 10.6 Å². The molecule has 0 spiro atoms. The summed E-state index contributed by atoms with van der Waals surface area (Å²) in [4.78, 5) is 23.6. The molecule has 2 aromatic rings. The first kappa shape index (κ1) is 19.8. The molecule has 8 heteroatoms. The van der Waals surface area contributed by atoms with E-state index in [1.165, 1.54) is 19.1 Å². The number of nitrogens with one attached hydrogen (secondary N) is 2. The summed E-state index contributed by atoms with van der Waals surface area (Å²) in [6, 6.07) is 10.3. The predicted octanol–water partition coefficient (Wildman–Crippen LogP) is 4.56. The average molecular weight is 385 g/mol. The van der Waals surface area contributed by atoms with Gasteiger partial charge in [0, 0.05) is 17.6 Å². The molecule has 0 radical (unpaired) electrons. The normalized spacial score (nSPS) is 12.3. The molecular weight excluding hydrogens is 369 g/mol. The van der Waals surface area contributed by atoms with Gasteiger partial charge in [-0.3, -0.25) is 9.59 Å². The molecule has 2 aromatic carbocycles. The van der Waals surface area contributed by atoms with Crippen LogP contribution < -0.4 is 10.6 Å². The molecular formula is C18H16ClF3N2O2. The van der Waals surface area contributed by atoms with Crippen molar-refractivity contribution in [2.75, 3.05) is 5.32 Å². The number of alkyl halides is 3. The van der Waals surface area contributed by atoms with Crippen LogP contribution in [0.3, 0.4) is 0 Å². The van der Waals surface area contributed by atoms with Gasteiger partial charge in [0.2, 0.25) is 11.8 Å². The van der Waals surface area contributed by atoms with Gasteiger partial charge in [-0.25, -0.2) is 0 Å². The Balaban J connectivity index is 2.12. The standard InChI is InChI=1S/C18H16ClF3N2O2/c1-11(25)23-16(12-5-7-14(19)8-6-12)10-17(26)24-15-4-2-3-13(9-15)18(20,21)22/h2-9,16H,10H2,1H3,(H,23,25)(H,24,26). The van der Waals surface area contributed by atoms with E-state index in [9.17, 15) is 22.8 Å². The second-order valence-corrected chi connectivity index (χ2v) is 6.07. The van der Waals surface area contributed by atoms with Crippen molar-refractivity contribution >= 4 is 29.1 Å². The molecule has 0 aliphatic heterocycles. The highest BCUT2D eigenvalue weighted by Crippen LogP contribution is 2.30. The fraction of sp³-hybridized carbons (Fsp3) is 0.222. The van der Waals surface area contributed by atoms with E-state index in [1.807, 2.05) is 0 Å². The topological polar surface area (TPSA) is 58.2 Å². The van der Waals surface area contributed by atoms with Gasteiger partial charge >= 0.3 is 6.18 Å². The van der Waals surface area contributed by atoms with E-state index in [0.717, 1.165) is 12.1 Å². The smallest absolute Gasteiger partial charge is 0.349 e. The summed E-state index contributed by atoms with van der Waals surface area (Å²) < 4.78 is 38.2. The zero-order valence-electron chi connectivity index (χ0n) is 13.7. The Hall–Kier alpha value is -2.54. The molecule has 2 N–H and O–H groups in total. The second-order valence-electron chi connectivity index (χ2n) is 5.64. The van der Waals surface area contributed by atoms with Crippen molar-refractivity contribution in [3.8, 4) is 0 Å². The molecule has 2 amide bonds. The lowest BCUT2D eigenvalue weighted by Gasteiger charge is -2.18. The Morgan fingerprint density at radius 1 is 1.12 bits per heavy atom. The largest absolute Gasteiger partial charge is 0.416 e. The molecule has 2 rings (SSSR count). The van der Waals surface area contributed by atoms with Crippen molar-refractivity contribution < 1.29 is 22.8 Å². The van der Waals surface area contributed by atoms with E-state index in [-0.39, 0.29) is 18.0 Å². The van der Waals surface area contributed by atoms with Crippen molar-refractivity contribution in [2.24, 2.45) is 0 Å². The molecule has 138 valence electrons. The van der Waals surface area contributed by atoms with Gasteiger partial charge in [0.05, 0.1) is 18.0 Å². The first-order valence-corrected chi connectivity index (χ1v) is 8.02. The van der Waals surface area contributed by atoms with Crippen LogP contribution in [0.4, 0.5) is 18.9 Å². The lowest BCUT2D eigenvalue weighted by atomic mass is 10.0. The maximum Gasteiger partial charge on any atom is 0.416 e. The summed E-state index contributed by atoms with van der Waals surface area (Å²) >= 11 is 5.83. The SMILES string of the molecule is CC(=O)NC(CC(=O)Nc1cccc(C(F)(F)F)c1)c1ccc(Cl)cc1. The fourth-order valence-corrected chi connectivity index (χ4v) is 2.49. The lowest BCUT2D eigenvalue weighted by Crippen LogP contribution is -2.29. The first-order valence-electron chi connectivity index (χ1n) is 7.65. The molecule has 0 aromatic heterocycles. The van der Waals surface area contributed by atoms with Crippen LogP contribution >= 0.6 is 11.6 Å². The molecule has 0 saturated heterocycles. The van der Waals surface area contributed by atoms with Crippen LogP contribution in [0.15, 0.2) is 48.5 Å². The van der Waals surface area contributed by atoms with E-state index >= 15 is 0 Å². The molecule has 0 fully saturated rings. The van der Waals surface area contributed by atoms with Gasteiger partial charge in [-0.05, 0) is 35.9 Å². The summed E-state index contributed by atoms with van der Waals surface area (Å²) in [6.07, 6.45) is -4.64. The molecule has 0 bridgehead atoms. The van der Waals surface area contributed by atoms with Crippen molar-refractivity contribution in [3.05, 3.63) is 64.7 Å². The van der Waals surface area contributed by atoms with Crippen LogP contribution in [-0.4, -0.2) is 11.8 Å². The van der Waals surface area contributed by atoms with Gasteiger partial charge in [-0.2, -0.15) is 13.2 Å². The van der Waals surface area contributed by atoms with Crippen LogP contribution in [0.1, 0.15) is 30.5 Å². The van der Waals surface area contributed by atoms with Gasteiger partial charge in [0.1, 0.15) is 0 Å². The highest BCUT2D eigenvalue weighted by Gasteiger charge is 2.30. The lowest BCUT2D eigenvalue weighted by molar-refractivity contribution is -0.137. The number of amides is 2. The first-order chi connectivity index (χ1) is 12.1. The summed E-state index contributed by atoms with van der Waals surface area (Å²) in [5.41, 5.74) is -0.169. The van der Waals surface area contributed by atoms with Crippen LogP contribution in [0.25, 0.3) is 0 Å². The van der Waals surface area contributed by atoms with Crippen LogP contribution in [-0.2, 0) is 15.8 Å². The summed E-state index contributed by atoms with van der Waals surface area (Å²) in [5.74, 6) is -0.866. The Bertz CT molecular complexity index is 792. The average Bonchev–Trinajstić information content (AvgIpc) is 2.54. The number of halogens is 4. The molecule has 4 nitrogen and oxygen atoms in total. The number of rotatable bonds is 5. The molecule has 0 saturated carbocycles. The van der Waals surface area contributed by atoms with E-state index < -0.39 is 23.7 Å². The number of hydrogen-bond donors (Lipinski definition) is 2. The van der Waals surface area contributed by atoms with Gasteiger partial charge in [0.25, 0.3) is 0 Å². The molecule has 1 unspecified atom stereocenters. The minimum absolute atomic E-state index is 0.0301.